The molecule has 0 radical (unpaired) electrons. The summed E-state index contributed by atoms with van der Waals surface area (Å²) in [6.45, 7) is 4.93. The number of hydrogen-bond acceptors (Lipinski definition) is 2. The molecule has 2 nitrogen and oxygen atoms in total. The third-order valence-electron chi connectivity index (χ3n) is 3.30. The van der Waals surface area contributed by atoms with Crippen molar-refractivity contribution in [2.75, 3.05) is 6.54 Å². The zero-order chi connectivity index (χ0) is 12.3. The van der Waals surface area contributed by atoms with E-state index in [0.717, 1.165) is 23.2 Å². The van der Waals surface area contributed by atoms with Crippen LogP contribution in [0.5, 0.6) is 0 Å². The minimum atomic E-state index is 0.557. The molecule has 0 aliphatic heterocycles. The van der Waals surface area contributed by atoms with Crippen molar-refractivity contribution in [2.24, 2.45) is 5.73 Å². The van der Waals surface area contributed by atoms with Crippen LogP contribution in [0.4, 0.5) is 0 Å². The maximum absolute atomic E-state index is 6.30. The van der Waals surface area contributed by atoms with Gasteiger partial charge in [-0.1, -0.05) is 30.7 Å². The van der Waals surface area contributed by atoms with E-state index in [9.17, 15) is 0 Å². The lowest BCUT2D eigenvalue weighted by Gasteiger charge is -2.22. The molecule has 0 spiro atoms. The smallest absolute Gasteiger partial charge is 0.0454 e. The van der Waals surface area contributed by atoms with Gasteiger partial charge < -0.3 is 5.73 Å². The number of nitrogens with zero attached hydrogens (tertiary/aromatic N) is 1. The Morgan fingerprint density at radius 1 is 1.41 bits per heavy atom. The summed E-state index contributed by atoms with van der Waals surface area (Å²) in [6.07, 6.45) is 3.89. The first-order valence-corrected chi connectivity index (χ1v) is 6.83. The Kier molecular flexibility index (Phi) is 4.43. The molecule has 0 saturated heterocycles. The summed E-state index contributed by atoms with van der Waals surface area (Å²) in [6, 6.07) is 6.99. The van der Waals surface area contributed by atoms with Crippen molar-refractivity contribution in [3.05, 3.63) is 34.3 Å². The highest BCUT2D eigenvalue weighted by molar-refractivity contribution is 6.31. The summed E-state index contributed by atoms with van der Waals surface area (Å²) < 4.78 is 0. The lowest BCUT2D eigenvalue weighted by atomic mass is 10.1. The van der Waals surface area contributed by atoms with E-state index in [1.54, 1.807) is 0 Å². The van der Waals surface area contributed by atoms with Gasteiger partial charge in [-0.2, -0.15) is 0 Å². The minimum absolute atomic E-state index is 0.557. The van der Waals surface area contributed by atoms with Crippen LogP contribution in [0.15, 0.2) is 18.2 Å². The molecule has 0 unspecified atom stereocenters. The van der Waals surface area contributed by atoms with Gasteiger partial charge in [0.2, 0.25) is 0 Å². The Hall–Kier alpha value is -0.570. The van der Waals surface area contributed by atoms with E-state index in [1.807, 2.05) is 6.07 Å². The van der Waals surface area contributed by atoms with Crippen molar-refractivity contribution in [2.45, 2.75) is 45.3 Å². The topological polar surface area (TPSA) is 29.3 Å². The van der Waals surface area contributed by atoms with Gasteiger partial charge >= 0.3 is 0 Å². The average Bonchev–Trinajstić information content (AvgIpc) is 3.14. The molecule has 94 valence electrons. The van der Waals surface area contributed by atoms with Crippen LogP contribution in [0.25, 0.3) is 0 Å². The molecule has 1 aliphatic carbocycles. The van der Waals surface area contributed by atoms with Crippen molar-refractivity contribution in [3.8, 4) is 0 Å². The predicted molar refractivity (Wildman–Crippen MR) is 73.1 cm³/mol. The predicted octanol–water partition coefficient (Wildman–Crippen LogP) is 3.17. The van der Waals surface area contributed by atoms with Gasteiger partial charge in [-0.25, -0.2) is 0 Å². The van der Waals surface area contributed by atoms with Crippen molar-refractivity contribution in [3.63, 3.8) is 0 Å². The van der Waals surface area contributed by atoms with Crippen LogP contribution in [0.1, 0.15) is 37.3 Å². The molecule has 0 aromatic heterocycles. The third kappa shape index (κ3) is 3.44. The third-order valence-corrected chi connectivity index (χ3v) is 3.65. The molecule has 1 saturated carbocycles. The molecule has 1 aromatic rings. The highest BCUT2D eigenvalue weighted by Crippen LogP contribution is 2.30. The lowest BCUT2D eigenvalue weighted by molar-refractivity contribution is 0.255. The summed E-state index contributed by atoms with van der Waals surface area (Å²) in [5.41, 5.74) is 7.94. The zero-order valence-electron chi connectivity index (χ0n) is 10.5. The molecular weight excluding hydrogens is 232 g/mol. The second-order valence-electron chi connectivity index (χ2n) is 4.83. The fourth-order valence-corrected chi connectivity index (χ4v) is 2.45. The molecular formula is C14H21ClN2. The zero-order valence-corrected chi connectivity index (χ0v) is 11.2. The Morgan fingerprint density at radius 3 is 2.71 bits per heavy atom. The normalized spacial score (nSPS) is 15.5. The van der Waals surface area contributed by atoms with Crippen LogP contribution in [-0.4, -0.2) is 17.5 Å². The Labute approximate surface area is 109 Å². The van der Waals surface area contributed by atoms with E-state index in [4.69, 9.17) is 17.3 Å². The summed E-state index contributed by atoms with van der Waals surface area (Å²) >= 11 is 6.30. The van der Waals surface area contributed by atoms with Crippen molar-refractivity contribution >= 4 is 11.6 Å². The van der Waals surface area contributed by atoms with Crippen LogP contribution in [0.3, 0.4) is 0 Å². The van der Waals surface area contributed by atoms with Crippen molar-refractivity contribution in [1.82, 2.24) is 4.90 Å². The van der Waals surface area contributed by atoms with E-state index in [-0.39, 0.29) is 0 Å². The van der Waals surface area contributed by atoms with Crippen LogP contribution >= 0.6 is 11.6 Å². The van der Waals surface area contributed by atoms with E-state index in [1.165, 1.54) is 31.4 Å². The molecule has 0 bridgehead atoms. The largest absolute Gasteiger partial charge is 0.326 e. The number of halogens is 1. The first kappa shape index (κ1) is 12.9. The average molecular weight is 253 g/mol. The van der Waals surface area contributed by atoms with Crippen molar-refractivity contribution in [1.29, 1.82) is 0 Å². The Morgan fingerprint density at radius 2 is 2.18 bits per heavy atom. The quantitative estimate of drug-likeness (QED) is 0.843. The highest BCUT2D eigenvalue weighted by atomic mass is 35.5. The fourth-order valence-electron chi connectivity index (χ4n) is 2.18. The van der Waals surface area contributed by atoms with E-state index >= 15 is 0 Å². The molecule has 1 aromatic carbocycles. The Balaban J connectivity index is 2.05. The molecule has 17 heavy (non-hydrogen) atoms. The van der Waals surface area contributed by atoms with Gasteiger partial charge in [-0.05, 0) is 43.0 Å². The molecule has 1 fully saturated rings. The van der Waals surface area contributed by atoms with Crippen LogP contribution in [-0.2, 0) is 13.1 Å². The molecule has 3 heteroatoms. The van der Waals surface area contributed by atoms with Crippen LogP contribution in [0, 0.1) is 0 Å². The minimum Gasteiger partial charge on any atom is -0.326 e. The molecule has 2 rings (SSSR count). The summed E-state index contributed by atoms with van der Waals surface area (Å²) in [5, 5.41) is 0.856. The first-order valence-electron chi connectivity index (χ1n) is 6.46. The van der Waals surface area contributed by atoms with Gasteiger partial charge in [0, 0.05) is 24.2 Å². The van der Waals surface area contributed by atoms with Crippen molar-refractivity contribution < 1.29 is 0 Å². The van der Waals surface area contributed by atoms with Crippen LogP contribution < -0.4 is 5.73 Å². The fraction of sp³-hybridized carbons (Fsp3) is 0.571. The maximum Gasteiger partial charge on any atom is 0.0454 e. The van der Waals surface area contributed by atoms with E-state index in [0.29, 0.717) is 6.54 Å². The second kappa shape index (κ2) is 5.85. The Bertz CT molecular complexity index is 374. The SMILES string of the molecule is CCCN(Cc1ccc(CN)cc1Cl)C1CC1. The standard InChI is InChI=1S/C14H21ClN2/c1-2-7-17(13-5-6-13)10-12-4-3-11(9-16)8-14(12)15/h3-4,8,13H,2,5-7,9-10,16H2,1H3. The monoisotopic (exact) mass is 252 g/mol. The van der Waals surface area contributed by atoms with Gasteiger partial charge in [0.15, 0.2) is 0 Å². The van der Waals surface area contributed by atoms with Gasteiger partial charge in [-0.15, -0.1) is 0 Å². The van der Waals surface area contributed by atoms with Gasteiger partial charge in [0.05, 0.1) is 0 Å². The molecule has 0 heterocycles. The molecule has 1 aliphatic rings. The number of benzene rings is 1. The van der Waals surface area contributed by atoms with Crippen LogP contribution in [0.2, 0.25) is 5.02 Å². The maximum atomic E-state index is 6.30. The van der Waals surface area contributed by atoms with Gasteiger partial charge in [0.25, 0.3) is 0 Å². The first-order chi connectivity index (χ1) is 8.24. The highest BCUT2D eigenvalue weighted by Gasteiger charge is 2.28. The summed E-state index contributed by atoms with van der Waals surface area (Å²) in [5.74, 6) is 0. The van der Waals surface area contributed by atoms with E-state index < -0.39 is 0 Å². The molecule has 0 atom stereocenters. The molecule has 2 N–H and O–H groups in total. The summed E-state index contributed by atoms with van der Waals surface area (Å²) in [4.78, 5) is 2.54. The van der Waals surface area contributed by atoms with E-state index in [2.05, 4.69) is 24.0 Å². The lowest BCUT2D eigenvalue weighted by Crippen LogP contribution is -2.26. The second-order valence-corrected chi connectivity index (χ2v) is 5.24. The number of rotatable bonds is 6. The number of hydrogen-bond donors (Lipinski definition) is 1. The number of nitrogens with two attached hydrogens (primary N) is 1. The molecule has 0 amide bonds. The van der Waals surface area contributed by atoms with Gasteiger partial charge in [0.1, 0.15) is 0 Å². The summed E-state index contributed by atoms with van der Waals surface area (Å²) in [7, 11) is 0. The van der Waals surface area contributed by atoms with Gasteiger partial charge in [-0.3, -0.25) is 4.90 Å².